The Kier molecular flexibility index (Phi) is 7.54. The molecule has 0 spiro atoms. The molecule has 1 aromatic heterocycles. The second-order valence-electron chi connectivity index (χ2n) is 8.12. The van der Waals surface area contributed by atoms with Gasteiger partial charge in [-0.05, 0) is 32.6 Å². The van der Waals surface area contributed by atoms with Crippen molar-refractivity contribution in [3.63, 3.8) is 0 Å². The number of hydrogen-bond acceptors (Lipinski definition) is 3. The summed E-state index contributed by atoms with van der Waals surface area (Å²) >= 11 is 1.65. The fraction of sp³-hybridized carbons (Fsp3) is 0.789. The van der Waals surface area contributed by atoms with Crippen molar-refractivity contribution in [2.45, 2.75) is 77.4 Å². The molecule has 27 heavy (non-hydrogen) atoms. The minimum Gasteiger partial charge on any atom is -0.357 e. The van der Waals surface area contributed by atoms with Gasteiger partial charge in [0, 0.05) is 36.3 Å². The van der Waals surface area contributed by atoms with E-state index in [0.717, 1.165) is 23.7 Å². The Labute approximate surface area is 164 Å². The van der Waals surface area contributed by atoms with Crippen LogP contribution in [0.1, 0.15) is 64.1 Å². The largest absolute Gasteiger partial charge is 0.391 e. The Hall–Kier alpha value is -1.31. The SMILES string of the molecule is CCNC(=NCCc1nc(C(C)(C)C)cs1)NC1CCC(C(F)(F)F)CC1. The molecule has 2 N–H and O–H groups in total. The second-order valence-corrected chi connectivity index (χ2v) is 9.06. The van der Waals surface area contributed by atoms with Crippen LogP contribution in [0.3, 0.4) is 0 Å². The first-order valence-electron chi connectivity index (χ1n) is 9.66. The molecule has 1 fully saturated rings. The molecule has 0 saturated heterocycles. The van der Waals surface area contributed by atoms with E-state index in [0.29, 0.717) is 25.3 Å². The van der Waals surface area contributed by atoms with E-state index < -0.39 is 12.1 Å². The number of halogens is 3. The summed E-state index contributed by atoms with van der Waals surface area (Å²) in [5.74, 6) is -0.474. The number of guanidine groups is 1. The van der Waals surface area contributed by atoms with E-state index in [4.69, 9.17) is 0 Å². The lowest BCUT2D eigenvalue weighted by molar-refractivity contribution is -0.182. The maximum absolute atomic E-state index is 12.8. The summed E-state index contributed by atoms with van der Waals surface area (Å²) in [5.41, 5.74) is 1.14. The number of alkyl halides is 3. The van der Waals surface area contributed by atoms with Crippen LogP contribution in [-0.2, 0) is 11.8 Å². The number of rotatable bonds is 5. The third kappa shape index (κ3) is 6.97. The summed E-state index contributed by atoms with van der Waals surface area (Å²) in [6, 6.07) is 0.0498. The lowest BCUT2D eigenvalue weighted by atomic mass is 9.85. The van der Waals surface area contributed by atoms with Crippen molar-refractivity contribution in [3.8, 4) is 0 Å². The number of nitrogens with zero attached hydrogens (tertiary/aromatic N) is 2. The molecular weight excluding hydrogens is 373 g/mol. The van der Waals surface area contributed by atoms with Crippen LogP contribution >= 0.6 is 11.3 Å². The van der Waals surface area contributed by atoms with E-state index >= 15 is 0 Å². The first-order chi connectivity index (χ1) is 12.6. The van der Waals surface area contributed by atoms with Crippen LogP contribution in [0.2, 0.25) is 0 Å². The van der Waals surface area contributed by atoms with Gasteiger partial charge in [-0.25, -0.2) is 4.98 Å². The first kappa shape index (κ1) is 22.0. The molecule has 1 saturated carbocycles. The standard InChI is InChI=1S/C19H31F3N4S/c1-5-23-17(25-14-8-6-13(7-9-14)19(20,21)22)24-11-10-16-26-15(12-27-16)18(2,3)4/h12-14H,5-11H2,1-4H3,(H2,23,24,25). The molecule has 0 bridgehead atoms. The van der Waals surface area contributed by atoms with Crippen molar-refractivity contribution in [2.75, 3.05) is 13.1 Å². The van der Waals surface area contributed by atoms with Gasteiger partial charge in [-0.3, -0.25) is 4.99 Å². The molecule has 0 aromatic carbocycles. The van der Waals surface area contributed by atoms with Crippen molar-refractivity contribution < 1.29 is 13.2 Å². The highest BCUT2D eigenvalue weighted by Crippen LogP contribution is 2.37. The van der Waals surface area contributed by atoms with E-state index in [9.17, 15) is 13.2 Å². The van der Waals surface area contributed by atoms with E-state index in [1.807, 2.05) is 6.92 Å². The highest BCUT2D eigenvalue weighted by Gasteiger charge is 2.41. The molecule has 1 aromatic rings. The predicted molar refractivity (Wildman–Crippen MR) is 105 cm³/mol. The molecule has 1 aliphatic rings. The van der Waals surface area contributed by atoms with Crippen molar-refractivity contribution in [3.05, 3.63) is 16.1 Å². The molecule has 0 radical (unpaired) electrons. The monoisotopic (exact) mass is 404 g/mol. The maximum atomic E-state index is 12.8. The molecule has 8 heteroatoms. The van der Waals surface area contributed by atoms with E-state index in [2.05, 4.69) is 46.8 Å². The summed E-state index contributed by atoms with van der Waals surface area (Å²) < 4.78 is 38.4. The summed E-state index contributed by atoms with van der Waals surface area (Å²) in [7, 11) is 0. The smallest absolute Gasteiger partial charge is 0.357 e. The number of aliphatic imine (C=N–C) groups is 1. The normalized spacial score (nSPS) is 22.0. The number of nitrogens with one attached hydrogen (secondary N) is 2. The highest BCUT2D eigenvalue weighted by atomic mass is 32.1. The second kappa shape index (κ2) is 9.26. The molecule has 0 atom stereocenters. The van der Waals surface area contributed by atoms with Gasteiger partial charge in [0.25, 0.3) is 0 Å². The van der Waals surface area contributed by atoms with Crippen LogP contribution in [-0.4, -0.2) is 36.3 Å². The van der Waals surface area contributed by atoms with Gasteiger partial charge in [-0.15, -0.1) is 11.3 Å². The third-order valence-corrected chi connectivity index (χ3v) is 5.70. The van der Waals surface area contributed by atoms with Crippen molar-refractivity contribution in [1.82, 2.24) is 15.6 Å². The summed E-state index contributed by atoms with van der Waals surface area (Å²) in [6.45, 7) is 9.73. The molecule has 1 heterocycles. The van der Waals surface area contributed by atoms with Crippen molar-refractivity contribution in [1.29, 1.82) is 0 Å². The number of hydrogen-bond donors (Lipinski definition) is 2. The van der Waals surface area contributed by atoms with Gasteiger partial charge < -0.3 is 10.6 Å². The number of thiazole rings is 1. The Morgan fingerprint density at radius 2 is 1.89 bits per heavy atom. The molecule has 4 nitrogen and oxygen atoms in total. The zero-order valence-electron chi connectivity index (χ0n) is 16.6. The van der Waals surface area contributed by atoms with Crippen LogP contribution in [0.15, 0.2) is 10.4 Å². The van der Waals surface area contributed by atoms with Gasteiger partial charge in [0.15, 0.2) is 5.96 Å². The van der Waals surface area contributed by atoms with E-state index in [1.54, 1.807) is 11.3 Å². The van der Waals surface area contributed by atoms with Gasteiger partial charge >= 0.3 is 6.18 Å². The third-order valence-electron chi connectivity index (χ3n) is 4.79. The fourth-order valence-corrected chi connectivity index (χ4v) is 4.13. The first-order valence-corrected chi connectivity index (χ1v) is 10.5. The van der Waals surface area contributed by atoms with Crippen LogP contribution in [0.25, 0.3) is 0 Å². The fourth-order valence-electron chi connectivity index (χ4n) is 3.11. The van der Waals surface area contributed by atoms with Gasteiger partial charge in [0.05, 0.1) is 16.6 Å². The average molecular weight is 405 g/mol. The van der Waals surface area contributed by atoms with Crippen LogP contribution in [0.5, 0.6) is 0 Å². The molecule has 1 aliphatic carbocycles. The van der Waals surface area contributed by atoms with Crippen LogP contribution < -0.4 is 10.6 Å². The summed E-state index contributed by atoms with van der Waals surface area (Å²) in [4.78, 5) is 9.25. The molecule has 0 aliphatic heterocycles. The average Bonchev–Trinajstić information content (AvgIpc) is 3.04. The lowest BCUT2D eigenvalue weighted by Crippen LogP contribution is -2.45. The molecule has 0 unspecified atom stereocenters. The Balaban J connectivity index is 1.85. The van der Waals surface area contributed by atoms with Gasteiger partial charge in [0.1, 0.15) is 0 Å². The highest BCUT2D eigenvalue weighted by molar-refractivity contribution is 7.09. The molecule has 154 valence electrons. The van der Waals surface area contributed by atoms with Gasteiger partial charge in [-0.1, -0.05) is 20.8 Å². The lowest BCUT2D eigenvalue weighted by Gasteiger charge is -2.31. The zero-order chi connectivity index (χ0) is 20.1. The Morgan fingerprint density at radius 3 is 2.41 bits per heavy atom. The van der Waals surface area contributed by atoms with Gasteiger partial charge in [-0.2, -0.15) is 13.2 Å². The minimum absolute atomic E-state index is 0.0454. The molecule has 2 rings (SSSR count). The Bertz CT molecular complexity index is 611. The van der Waals surface area contributed by atoms with Gasteiger partial charge in [0.2, 0.25) is 0 Å². The van der Waals surface area contributed by atoms with E-state index in [1.165, 1.54) is 0 Å². The number of aromatic nitrogens is 1. The zero-order valence-corrected chi connectivity index (χ0v) is 17.4. The quantitative estimate of drug-likeness (QED) is 0.554. The predicted octanol–water partition coefficient (Wildman–Crippen LogP) is 4.66. The van der Waals surface area contributed by atoms with Crippen molar-refractivity contribution in [2.24, 2.45) is 10.9 Å². The molecular formula is C19H31F3N4S. The molecule has 0 amide bonds. The Morgan fingerprint density at radius 1 is 1.22 bits per heavy atom. The topological polar surface area (TPSA) is 49.3 Å². The summed E-state index contributed by atoms with van der Waals surface area (Å²) in [6.07, 6.45) is -1.88. The minimum atomic E-state index is -4.07. The maximum Gasteiger partial charge on any atom is 0.391 e. The van der Waals surface area contributed by atoms with E-state index in [-0.39, 0.29) is 24.3 Å². The van der Waals surface area contributed by atoms with Crippen LogP contribution in [0, 0.1) is 5.92 Å². The van der Waals surface area contributed by atoms with Crippen LogP contribution in [0.4, 0.5) is 13.2 Å². The summed E-state index contributed by atoms with van der Waals surface area (Å²) in [5, 5.41) is 9.65. The van der Waals surface area contributed by atoms with Crippen molar-refractivity contribution >= 4 is 17.3 Å².